The number of hydrogen-bond donors (Lipinski definition) is 3. The van der Waals surface area contributed by atoms with Crippen LogP contribution in [0.15, 0.2) is 43.1 Å². The molecule has 0 aliphatic carbocycles. The summed E-state index contributed by atoms with van der Waals surface area (Å²) in [4.78, 5) is 44.4. The third-order valence-electron chi connectivity index (χ3n) is 5.60. The Labute approximate surface area is 248 Å². The maximum Gasteiger partial charge on any atom is 0.490 e. The number of carbonyl (C=O) groups is 3. The number of alkyl halides is 9. The predicted octanol–water partition coefficient (Wildman–Crippen LogP) is 3.64. The summed E-state index contributed by atoms with van der Waals surface area (Å²) in [5, 5.41) is 21.4. The van der Waals surface area contributed by atoms with E-state index in [9.17, 15) is 39.5 Å². The van der Waals surface area contributed by atoms with Gasteiger partial charge in [-0.25, -0.2) is 19.4 Å². The van der Waals surface area contributed by atoms with Crippen molar-refractivity contribution < 1.29 is 74.0 Å². The zero-order valence-corrected chi connectivity index (χ0v) is 22.8. The van der Waals surface area contributed by atoms with Gasteiger partial charge in [0.25, 0.3) is 0 Å². The van der Waals surface area contributed by atoms with E-state index in [0.717, 1.165) is 58.0 Å². The molecule has 2 fully saturated rings. The smallest absolute Gasteiger partial charge is 0.475 e. The summed E-state index contributed by atoms with van der Waals surface area (Å²) in [7, 11) is 0. The fourth-order valence-corrected chi connectivity index (χ4v) is 3.80. The highest BCUT2D eigenvalue weighted by atomic mass is 19.4. The Hall–Kier alpha value is -4.27. The number of pyridine rings is 1. The van der Waals surface area contributed by atoms with E-state index in [0.29, 0.717) is 0 Å². The number of anilines is 1. The molecule has 2 saturated heterocycles. The van der Waals surface area contributed by atoms with Crippen LogP contribution in [0.25, 0.3) is 0 Å². The highest BCUT2D eigenvalue weighted by Crippen LogP contribution is 2.31. The standard InChI is InChI=1S/C18H23N5O.3C2HF3O2/c1-3-16(11-19-5-1)13-22-9-10-24-18(14-22)4-2-8-23(15-18)17-12-20-6-7-21-17;3*3-2(4,5)1(6)7/h1,3,5-7,11-12H,2,4,8-10,13-15H2;3*(H,6,7). The van der Waals surface area contributed by atoms with Crippen LogP contribution in [0.4, 0.5) is 45.3 Å². The third-order valence-corrected chi connectivity index (χ3v) is 5.60. The largest absolute Gasteiger partial charge is 0.490 e. The van der Waals surface area contributed by atoms with Gasteiger partial charge in [0.1, 0.15) is 5.82 Å². The van der Waals surface area contributed by atoms with Crippen molar-refractivity contribution in [1.29, 1.82) is 0 Å². The molecule has 3 N–H and O–H groups in total. The molecule has 252 valence electrons. The number of rotatable bonds is 3. The topological polar surface area (TPSA) is 166 Å². The Morgan fingerprint density at radius 1 is 0.800 bits per heavy atom. The lowest BCUT2D eigenvalue weighted by atomic mass is 9.90. The lowest BCUT2D eigenvalue weighted by Crippen LogP contribution is -2.59. The second-order valence-corrected chi connectivity index (χ2v) is 9.10. The molecule has 0 bridgehead atoms. The molecular formula is C24H26F9N5O7. The van der Waals surface area contributed by atoms with Crippen LogP contribution in [-0.4, -0.2) is 110 Å². The first-order chi connectivity index (χ1) is 20.7. The van der Waals surface area contributed by atoms with Crippen LogP contribution >= 0.6 is 0 Å². The molecule has 12 nitrogen and oxygen atoms in total. The molecule has 21 heteroatoms. The monoisotopic (exact) mass is 667 g/mol. The molecule has 4 rings (SSSR count). The van der Waals surface area contributed by atoms with Crippen molar-refractivity contribution in [3.63, 3.8) is 0 Å². The Balaban J connectivity index is 0.000000396. The van der Waals surface area contributed by atoms with Gasteiger partial charge in [-0.3, -0.25) is 14.9 Å². The summed E-state index contributed by atoms with van der Waals surface area (Å²) < 4.78 is 101. The summed E-state index contributed by atoms with van der Waals surface area (Å²) in [5.41, 5.74) is 1.16. The van der Waals surface area contributed by atoms with E-state index in [4.69, 9.17) is 34.4 Å². The summed E-state index contributed by atoms with van der Waals surface area (Å²) >= 11 is 0. The fraction of sp³-hybridized carbons (Fsp3) is 0.500. The molecular weight excluding hydrogens is 641 g/mol. The van der Waals surface area contributed by atoms with Gasteiger partial charge in [-0.1, -0.05) is 6.07 Å². The number of aromatic nitrogens is 3. The fourth-order valence-electron chi connectivity index (χ4n) is 3.80. The van der Waals surface area contributed by atoms with Crippen LogP contribution in [0.3, 0.4) is 0 Å². The highest BCUT2D eigenvalue weighted by Gasteiger charge is 2.41. The van der Waals surface area contributed by atoms with Crippen LogP contribution in [-0.2, 0) is 25.7 Å². The molecule has 0 aromatic carbocycles. The normalized spacial score (nSPS) is 18.6. The van der Waals surface area contributed by atoms with Gasteiger partial charge < -0.3 is 25.0 Å². The minimum Gasteiger partial charge on any atom is -0.475 e. The van der Waals surface area contributed by atoms with Crippen molar-refractivity contribution in [2.45, 2.75) is 43.5 Å². The van der Waals surface area contributed by atoms with Crippen LogP contribution in [0.2, 0.25) is 0 Å². The molecule has 2 aliphatic heterocycles. The van der Waals surface area contributed by atoms with E-state index < -0.39 is 36.4 Å². The van der Waals surface area contributed by atoms with Crippen LogP contribution in [0.5, 0.6) is 0 Å². The van der Waals surface area contributed by atoms with Gasteiger partial charge in [0, 0.05) is 57.5 Å². The van der Waals surface area contributed by atoms with Crippen molar-refractivity contribution in [2.24, 2.45) is 0 Å². The van der Waals surface area contributed by atoms with Gasteiger partial charge in [-0.05, 0) is 24.5 Å². The first kappa shape index (κ1) is 38.8. The molecule has 1 unspecified atom stereocenters. The van der Waals surface area contributed by atoms with E-state index in [1.54, 1.807) is 12.4 Å². The van der Waals surface area contributed by atoms with Gasteiger partial charge in [0.15, 0.2) is 0 Å². The molecule has 2 aliphatic rings. The molecule has 2 aromatic heterocycles. The number of piperidine rings is 1. The molecule has 0 saturated carbocycles. The molecule has 45 heavy (non-hydrogen) atoms. The second kappa shape index (κ2) is 16.7. The Bertz CT molecular complexity index is 1160. The van der Waals surface area contributed by atoms with Crippen molar-refractivity contribution in [2.75, 3.05) is 37.7 Å². The average Bonchev–Trinajstić information content (AvgIpc) is 2.94. The molecule has 0 radical (unpaired) electrons. The minimum atomic E-state index is -5.08. The molecule has 1 spiro atoms. The van der Waals surface area contributed by atoms with Crippen molar-refractivity contribution in [3.05, 3.63) is 48.7 Å². The number of morpholine rings is 1. The van der Waals surface area contributed by atoms with Crippen molar-refractivity contribution in [1.82, 2.24) is 19.9 Å². The first-order valence-corrected chi connectivity index (χ1v) is 12.3. The van der Waals surface area contributed by atoms with Gasteiger partial charge in [0.2, 0.25) is 0 Å². The number of aliphatic carboxylic acids is 3. The Morgan fingerprint density at radius 3 is 1.78 bits per heavy atom. The van der Waals surface area contributed by atoms with Gasteiger partial charge in [0.05, 0.1) is 18.4 Å². The number of hydrogen-bond acceptors (Lipinski definition) is 9. The van der Waals surface area contributed by atoms with E-state index in [1.165, 1.54) is 5.56 Å². The zero-order chi connectivity index (χ0) is 34.5. The van der Waals surface area contributed by atoms with Crippen LogP contribution < -0.4 is 4.90 Å². The van der Waals surface area contributed by atoms with E-state index in [1.807, 2.05) is 24.7 Å². The first-order valence-electron chi connectivity index (χ1n) is 12.3. The maximum absolute atomic E-state index is 10.6. The number of carboxylic acids is 3. The van der Waals surface area contributed by atoms with Crippen molar-refractivity contribution >= 4 is 23.7 Å². The lowest BCUT2D eigenvalue weighted by molar-refractivity contribution is -0.193. The Kier molecular flexibility index (Phi) is 14.4. The van der Waals surface area contributed by atoms with E-state index in [-0.39, 0.29) is 5.60 Å². The summed E-state index contributed by atoms with van der Waals surface area (Å²) in [6.07, 6.45) is -3.93. The summed E-state index contributed by atoms with van der Waals surface area (Å²) in [6.45, 7) is 5.56. The number of halogens is 9. The minimum absolute atomic E-state index is 0.101. The molecule has 2 aromatic rings. The van der Waals surface area contributed by atoms with Crippen LogP contribution in [0, 0.1) is 0 Å². The van der Waals surface area contributed by atoms with Gasteiger partial charge in [-0.2, -0.15) is 39.5 Å². The lowest BCUT2D eigenvalue weighted by Gasteiger charge is -2.48. The number of carboxylic acid groups (broad SMARTS) is 3. The maximum atomic E-state index is 10.6. The SMILES string of the molecule is O=C(O)C(F)(F)F.O=C(O)C(F)(F)F.O=C(O)C(F)(F)F.c1cncc(CN2CCOC3(CCCN(c4cnccn4)C3)C2)c1. The second-order valence-electron chi connectivity index (χ2n) is 9.10. The summed E-state index contributed by atoms with van der Waals surface area (Å²) in [5.74, 6) is -7.32. The summed E-state index contributed by atoms with van der Waals surface area (Å²) in [6, 6.07) is 4.14. The van der Waals surface area contributed by atoms with Gasteiger partial charge in [-0.15, -0.1) is 0 Å². The molecule has 0 amide bonds. The van der Waals surface area contributed by atoms with E-state index >= 15 is 0 Å². The highest BCUT2D eigenvalue weighted by molar-refractivity contribution is 5.73. The van der Waals surface area contributed by atoms with E-state index in [2.05, 4.69) is 30.8 Å². The quantitative estimate of drug-likeness (QED) is 0.408. The molecule has 1 atom stereocenters. The van der Waals surface area contributed by atoms with Crippen molar-refractivity contribution in [3.8, 4) is 0 Å². The number of ether oxygens (including phenoxy) is 1. The zero-order valence-electron chi connectivity index (χ0n) is 22.8. The number of nitrogens with zero attached hydrogens (tertiary/aromatic N) is 5. The average molecular weight is 667 g/mol. The Morgan fingerprint density at radius 2 is 1.33 bits per heavy atom. The van der Waals surface area contributed by atoms with Gasteiger partial charge >= 0.3 is 36.4 Å². The third kappa shape index (κ3) is 14.8. The molecule has 4 heterocycles. The van der Waals surface area contributed by atoms with Crippen LogP contribution in [0.1, 0.15) is 18.4 Å². The predicted molar refractivity (Wildman–Crippen MR) is 133 cm³/mol.